The minimum Gasteiger partial charge on any atom is -0.465 e. The largest absolute Gasteiger partial charge is 0.465 e. The number of H-pyrrole nitrogens is 1. The molecule has 0 aromatic carbocycles. The maximum absolute atomic E-state index is 13.0. The number of sulfonamides is 1. The molecular formula is C21H30N4O6S2. The van der Waals surface area contributed by atoms with Crippen LogP contribution in [0.15, 0.2) is 10.3 Å². The molecule has 0 radical (unpaired) electrons. The van der Waals surface area contributed by atoms with E-state index in [-0.39, 0.29) is 28.8 Å². The third-order valence-corrected chi connectivity index (χ3v) is 8.52. The number of hydrogen-bond donors (Lipinski definition) is 2. The van der Waals surface area contributed by atoms with Crippen molar-refractivity contribution in [2.45, 2.75) is 50.4 Å². The number of thiophene rings is 1. The number of methoxy groups -OCH3 is 2. The van der Waals surface area contributed by atoms with Crippen LogP contribution in [0.2, 0.25) is 0 Å². The molecule has 33 heavy (non-hydrogen) atoms. The Labute approximate surface area is 197 Å². The number of aromatic amines is 1. The zero-order valence-corrected chi connectivity index (χ0v) is 21.1. The van der Waals surface area contributed by atoms with Crippen molar-refractivity contribution in [1.29, 1.82) is 0 Å². The van der Waals surface area contributed by atoms with Gasteiger partial charge >= 0.3 is 5.97 Å². The molecule has 0 bridgehead atoms. The van der Waals surface area contributed by atoms with Crippen LogP contribution in [0.4, 0.5) is 0 Å². The van der Waals surface area contributed by atoms with E-state index in [0.29, 0.717) is 35.0 Å². The number of amides is 1. The van der Waals surface area contributed by atoms with Gasteiger partial charge in [0, 0.05) is 30.3 Å². The molecule has 1 aliphatic heterocycles. The quantitative estimate of drug-likeness (QED) is 0.505. The Morgan fingerprint density at radius 2 is 2.03 bits per heavy atom. The van der Waals surface area contributed by atoms with Gasteiger partial charge in [-0.15, -0.1) is 11.3 Å². The van der Waals surface area contributed by atoms with Crippen LogP contribution in [0.5, 0.6) is 0 Å². The summed E-state index contributed by atoms with van der Waals surface area (Å²) in [4.78, 5) is 27.8. The number of carbonyl (C=O) groups excluding carboxylic acids is 2. The summed E-state index contributed by atoms with van der Waals surface area (Å²) in [6.45, 7) is 6.55. The molecule has 12 heteroatoms. The van der Waals surface area contributed by atoms with Crippen LogP contribution in [0.25, 0.3) is 0 Å². The first kappa shape index (κ1) is 25.3. The second-order valence-electron chi connectivity index (χ2n) is 8.49. The van der Waals surface area contributed by atoms with Crippen molar-refractivity contribution in [2.24, 2.45) is 5.92 Å². The molecule has 3 rings (SSSR count). The number of hydrogen-bond acceptors (Lipinski definition) is 8. The fourth-order valence-electron chi connectivity index (χ4n) is 3.83. The third kappa shape index (κ3) is 5.62. The summed E-state index contributed by atoms with van der Waals surface area (Å²) in [5.41, 5.74) is 1.86. The minimum absolute atomic E-state index is 0.0423. The average molecular weight is 499 g/mol. The first-order valence-electron chi connectivity index (χ1n) is 10.6. The number of nitrogens with zero attached hydrogens (tertiary/aromatic N) is 2. The lowest BCUT2D eigenvalue weighted by molar-refractivity contribution is 0.0595. The van der Waals surface area contributed by atoms with Gasteiger partial charge in [-0.25, -0.2) is 17.9 Å². The number of carbonyl (C=O) groups is 2. The van der Waals surface area contributed by atoms with Crippen molar-refractivity contribution in [1.82, 2.24) is 19.8 Å². The fraction of sp³-hybridized carbons (Fsp3) is 0.571. The average Bonchev–Trinajstić information content (AvgIpc) is 3.36. The van der Waals surface area contributed by atoms with Crippen LogP contribution in [-0.2, 0) is 38.9 Å². The van der Waals surface area contributed by atoms with E-state index in [2.05, 4.69) is 28.8 Å². The third-order valence-electron chi connectivity index (χ3n) is 5.20. The molecule has 2 N–H and O–H groups in total. The molecule has 0 saturated heterocycles. The zero-order chi connectivity index (χ0) is 24.3. The van der Waals surface area contributed by atoms with Gasteiger partial charge in [-0.2, -0.15) is 5.10 Å². The monoisotopic (exact) mass is 498 g/mol. The minimum atomic E-state index is -3.99. The number of ether oxygens (including phenoxy) is 2. The Bertz CT molecular complexity index is 1120. The molecule has 10 nitrogen and oxygen atoms in total. The van der Waals surface area contributed by atoms with E-state index >= 15 is 0 Å². The van der Waals surface area contributed by atoms with E-state index in [1.165, 1.54) is 14.2 Å². The number of rotatable bonds is 9. The van der Waals surface area contributed by atoms with E-state index in [0.717, 1.165) is 23.5 Å². The topological polar surface area (TPSA) is 131 Å². The first-order chi connectivity index (χ1) is 15.6. The lowest BCUT2D eigenvalue weighted by Gasteiger charge is -2.26. The van der Waals surface area contributed by atoms with Crippen LogP contribution in [0, 0.1) is 5.92 Å². The van der Waals surface area contributed by atoms with Crippen molar-refractivity contribution >= 4 is 33.2 Å². The Hall–Kier alpha value is -2.28. The second-order valence-corrected chi connectivity index (χ2v) is 11.5. The molecule has 2 aromatic rings. The van der Waals surface area contributed by atoms with E-state index in [4.69, 9.17) is 9.47 Å². The van der Waals surface area contributed by atoms with Crippen LogP contribution >= 0.6 is 11.3 Å². The van der Waals surface area contributed by atoms with Crippen molar-refractivity contribution in [3.05, 3.63) is 33.5 Å². The highest BCUT2D eigenvalue weighted by Crippen LogP contribution is 2.37. The number of aromatic nitrogens is 2. The Morgan fingerprint density at radius 1 is 1.30 bits per heavy atom. The zero-order valence-electron chi connectivity index (χ0n) is 19.4. The molecule has 1 aliphatic rings. The summed E-state index contributed by atoms with van der Waals surface area (Å²) >= 11 is 0.988. The number of esters is 1. The maximum Gasteiger partial charge on any atom is 0.340 e. The highest BCUT2D eigenvalue weighted by Gasteiger charge is 2.36. The van der Waals surface area contributed by atoms with Crippen LogP contribution in [-0.4, -0.2) is 68.8 Å². The van der Waals surface area contributed by atoms with Gasteiger partial charge in [-0.3, -0.25) is 9.89 Å². The summed E-state index contributed by atoms with van der Waals surface area (Å²) in [5, 5.41) is 7.06. The molecule has 2 aromatic heterocycles. The van der Waals surface area contributed by atoms with E-state index in [1.54, 1.807) is 17.9 Å². The van der Waals surface area contributed by atoms with Crippen molar-refractivity contribution in [3.8, 4) is 0 Å². The molecule has 3 heterocycles. The molecule has 0 fully saturated rings. The van der Waals surface area contributed by atoms with Gasteiger partial charge in [0.1, 0.15) is 9.90 Å². The molecule has 0 unspecified atom stereocenters. The van der Waals surface area contributed by atoms with Gasteiger partial charge in [0.05, 0.1) is 25.8 Å². The summed E-state index contributed by atoms with van der Waals surface area (Å²) in [6.07, 6.45) is 1.13. The summed E-state index contributed by atoms with van der Waals surface area (Å²) in [7, 11) is -1.30. The standard InChI is InChI=1S/C21H30N4O6S2/c1-12(2)8-14-9-16(23-22-14)19(26)25-7-6-15-17(10-25)32-21(18(15)20(27)31-5)33(28,29)24-13(3)11-30-4/h9,12-13,24H,6-8,10-11H2,1-5H3,(H,22,23)/t13-/m0/s1. The highest BCUT2D eigenvalue weighted by atomic mass is 32.2. The highest BCUT2D eigenvalue weighted by molar-refractivity contribution is 7.91. The fourth-order valence-corrected chi connectivity index (χ4v) is 6.97. The van der Waals surface area contributed by atoms with Gasteiger partial charge in [-0.1, -0.05) is 13.8 Å². The predicted molar refractivity (Wildman–Crippen MR) is 123 cm³/mol. The molecule has 0 aliphatic carbocycles. The number of nitrogens with one attached hydrogen (secondary N) is 2. The smallest absolute Gasteiger partial charge is 0.340 e. The van der Waals surface area contributed by atoms with E-state index in [9.17, 15) is 18.0 Å². The summed E-state index contributed by atoms with van der Waals surface area (Å²) < 4.78 is 38.4. The normalized spacial score (nSPS) is 14.9. The van der Waals surface area contributed by atoms with Crippen molar-refractivity contribution in [2.75, 3.05) is 27.4 Å². The molecule has 1 atom stereocenters. The van der Waals surface area contributed by atoms with Crippen LogP contribution in [0.1, 0.15) is 57.8 Å². The molecule has 1 amide bonds. The van der Waals surface area contributed by atoms with Crippen LogP contribution < -0.4 is 4.72 Å². The summed E-state index contributed by atoms with van der Waals surface area (Å²) in [6, 6.07) is 1.27. The Kier molecular flexibility index (Phi) is 7.93. The Balaban J connectivity index is 1.89. The lowest BCUT2D eigenvalue weighted by Crippen LogP contribution is -2.36. The number of fused-ring (bicyclic) bond motifs is 1. The van der Waals surface area contributed by atoms with E-state index in [1.807, 2.05) is 0 Å². The van der Waals surface area contributed by atoms with Gasteiger partial charge < -0.3 is 14.4 Å². The molecule has 0 saturated carbocycles. The van der Waals surface area contributed by atoms with Crippen LogP contribution in [0.3, 0.4) is 0 Å². The SMILES string of the molecule is COC[C@H](C)NS(=O)(=O)c1sc2c(c1C(=O)OC)CCN(C(=O)c1cc(CC(C)C)[nH]n1)C2. The predicted octanol–water partition coefficient (Wildman–Crippen LogP) is 1.97. The van der Waals surface area contributed by atoms with Gasteiger partial charge in [-0.05, 0) is 37.3 Å². The first-order valence-corrected chi connectivity index (χ1v) is 12.9. The van der Waals surface area contributed by atoms with Crippen molar-refractivity contribution < 1.29 is 27.5 Å². The molecule has 182 valence electrons. The summed E-state index contributed by atoms with van der Waals surface area (Å²) in [5.74, 6) is -0.525. The maximum atomic E-state index is 13.0. The second kappa shape index (κ2) is 10.3. The Morgan fingerprint density at radius 3 is 2.67 bits per heavy atom. The van der Waals surface area contributed by atoms with Gasteiger partial charge in [0.25, 0.3) is 15.9 Å². The lowest BCUT2D eigenvalue weighted by atomic mass is 10.0. The van der Waals surface area contributed by atoms with Crippen molar-refractivity contribution in [3.63, 3.8) is 0 Å². The molecule has 0 spiro atoms. The van der Waals surface area contributed by atoms with Gasteiger partial charge in [0.15, 0.2) is 0 Å². The molecular weight excluding hydrogens is 468 g/mol. The van der Waals surface area contributed by atoms with Gasteiger partial charge in [0.2, 0.25) is 0 Å². The van der Waals surface area contributed by atoms with E-state index < -0.39 is 22.0 Å².